The molecular weight excluding hydrogens is 246 g/mol. The van der Waals surface area contributed by atoms with Gasteiger partial charge in [-0.3, -0.25) is 9.89 Å². The Morgan fingerprint density at radius 3 is 2.95 bits per heavy atom. The van der Waals surface area contributed by atoms with Crippen LogP contribution >= 0.6 is 0 Å². The molecule has 0 aliphatic heterocycles. The van der Waals surface area contributed by atoms with Crippen molar-refractivity contribution in [3.05, 3.63) is 41.0 Å². The van der Waals surface area contributed by atoms with E-state index in [1.165, 1.54) is 0 Å². The summed E-state index contributed by atoms with van der Waals surface area (Å²) < 4.78 is 5.64. The van der Waals surface area contributed by atoms with Crippen LogP contribution in [0.4, 0.5) is 0 Å². The van der Waals surface area contributed by atoms with Crippen molar-refractivity contribution in [2.24, 2.45) is 0 Å². The van der Waals surface area contributed by atoms with Gasteiger partial charge in [0.1, 0.15) is 18.8 Å². The highest BCUT2D eigenvalue weighted by Crippen LogP contribution is 2.19. The lowest BCUT2D eigenvalue weighted by atomic mass is 10.1. The summed E-state index contributed by atoms with van der Waals surface area (Å²) in [6, 6.07) is 5.95. The zero-order valence-electron chi connectivity index (χ0n) is 10.8. The molecule has 0 bridgehead atoms. The van der Waals surface area contributed by atoms with Gasteiger partial charge in [0.2, 0.25) is 0 Å². The van der Waals surface area contributed by atoms with Gasteiger partial charge < -0.3 is 9.84 Å². The monoisotopic (exact) mass is 261 g/mol. The number of carboxylic acids is 1. The number of aromatic nitrogens is 3. The lowest BCUT2D eigenvalue weighted by molar-refractivity contribution is -0.136. The number of H-pyrrole nitrogens is 1. The van der Waals surface area contributed by atoms with Gasteiger partial charge in [0, 0.05) is 0 Å². The van der Waals surface area contributed by atoms with E-state index < -0.39 is 5.97 Å². The van der Waals surface area contributed by atoms with E-state index >= 15 is 0 Å². The van der Waals surface area contributed by atoms with Crippen molar-refractivity contribution < 1.29 is 14.6 Å². The van der Waals surface area contributed by atoms with Crippen molar-refractivity contribution in [3.8, 4) is 5.75 Å². The number of aliphatic carboxylic acids is 1. The molecule has 6 nitrogen and oxygen atoms in total. The van der Waals surface area contributed by atoms with Gasteiger partial charge in [-0.05, 0) is 31.0 Å². The molecule has 0 aliphatic carbocycles. The summed E-state index contributed by atoms with van der Waals surface area (Å²) in [5, 5.41) is 15.1. The Labute approximate surface area is 110 Å². The summed E-state index contributed by atoms with van der Waals surface area (Å²) in [5.41, 5.74) is 2.15. The first kappa shape index (κ1) is 13.1. The molecule has 0 spiro atoms. The maximum Gasteiger partial charge on any atom is 0.311 e. The van der Waals surface area contributed by atoms with Gasteiger partial charge in [0.25, 0.3) is 0 Å². The number of carboxylic acid groups (broad SMARTS) is 1. The molecule has 1 aromatic heterocycles. The molecule has 2 aromatic rings. The summed E-state index contributed by atoms with van der Waals surface area (Å²) in [6.45, 7) is 4.19. The van der Waals surface area contributed by atoms with Crippen molar-refractivity contribution in [2.75, 3.05) is 0 Å². The zero-order valence-corrected chi connectivity index (χ0v) is 10.8. The smallest absolute Gasteiger partial charge is 0.311 e. The Morgan fingerprint density at radius 2 is 2.21 bits per heavy atom. The van der Waals surface area contributed by atoms with Crippen LogP contribution in [-0.4, -0.2) is 26.3 Å². The molecule has 1 aromatic carbocycles. The first-order valence-corrected chi connectivity index (χ1v) is 5.86. The minimum absolute atomic E-state index is 0.194. The van der Waals surface area contributed by atoms with E-state index in [0.29, 0.717) is 5.82 Å². The first-order valence-electron chi connectivity index (χ1n) is 5.86. The number of rotatable bonds is 5. The van der Waals surface area contributed by atoms with Crippen LogP contribution in [-0.2, 0) is 17.8 Å². The van der Waals surface area contributed by atoms with Gasteiger partial charge >= 0.3 is 5.97 Å². The third kappa shape index (κ3) is 3.54. The number of aromatic amines is 1. The summed E-state index contributed by atoms with van der Waals surface area (Å²) in [5.74, 6) is 0.599. The first-order chi connectivity index (χ1) is 9.04. The van der Waals surface area contributed by atoms with Crippen LogP contribution in [0.15, 0.2) is 18.2 Å². The van der Waals surface area contributed by atoms with Crippen molar-refractivity contribution in [2.45, 2.75) is 26.9 Å². The molecule has 100 valence electrons. The molecule has 0 amide bonds. The Morgan fingerprint density at radius 1 is 1.42 bits per heavy atom. The van der Waals surface area contributed by atoms with Crippen LogP contribution in [0.3, 0.4) is 0 Å². The molecule has 19 heavy (non-hydrogen) atoms. The van der Waals surface area contributed by atoms with Gasteiger partial charge in [-0.25, -0.2) is 4.98 Å². The fraction of sp³-hybridized carbons (Fsp3) is 0.308. The summed E-state index contributed by atoms with van der Waals surface area (Å²) in [4.78, 5) is 14.6. The van der Waals surface area contributed by atoms with E-state index in [-0.39, 0.29) is 18.9 Å². The number of carbonyl (C=O) groups is 1. The maximum absolute atomic E-state index is 10.5. The quantitative estimate of drug-likeness (QED) is 0.854. The molecule has 0 radical (unpaired) electrons. The lowest BCUT2D eigenvalue weighted by Crippen LogP contribution is -2.02. The van der Waals surface area contributed by atoms with Crippen LogP contribution in [0.25, 0.3) is 0 Å². The number of aryl methyl sites for hydroxylation is 2. The SMILES string of the molecule is Cc1ccc(C)c(OCc2nc(CC(=O)O)n[nH]2)c1. The average Bonchev–Trinajstić information content (AvgIpc) is 2.77. The van der Waals surface area contributed by atoms with Crippen molar-refractivity contribution >= 4 is 5.97 Å². The minimum Gasteiger partial charge on any atom is -0.485 e. The van der Waals surface area contributed by atoms with Crippen LogP contribution in [0, 0.1) is 13.8 Å². The molecule has 1 heterocycles. The summed E-state index contributed by atoms with van der Waals surface area (Å²) in [7, 11) is 0. The number of ether oxygens (including phenoxy) is 1. The highest BCUT2D eigenvalue weighted by molar-refractivity contribution is 5.68. The number of hydrogen-bond donors (Lipinski definition) is 2. The molecule has 6 heteroatoms. The Kier molecular flexibility index (Phi) is 3.79. The van der Waals surface area contributed by atoms with Gasteiger partial charge in [-0.2, -0.15) is 5.10 Å². The molecule has 0 atom stereocenters. The Bertz CT molecular complexity index is 593. The van der Waals surface area contributed by atoms with E-state index in [4.69, 9.17) is 9.84 Å². The third-order valence-corrected chi connectivity index (χ3v) is 2.60. The zero-order chi connectivity index (χ0) is 13.8. The molecule has 0 unspecified atom stereocenters. The van der Waals surface area contributed by atoms with Gasteiger partial charge in [-0.1, -0.05) is 12.1 Å². The van der Waals surface area contributed by atoms with Gasteiger partial charge in [0.15, 0.2) is 11.6 Å². The largest absolute Gasteiger partial charge is 0.485 e. The predicted molar refractivity (Wildman–Crippen MR) is 68.0 cm³/mol. The fourth-order valence-electron chi connectivity index (χ4n) is 1.62. The maximum atomic E-state index is 10.5. The standard InChI is InChI=1S/C13H15N3O3/c1-8-3-4-9(2)10(5-8)19-7-12-14-11(15-16-12)6-13(17)18/h3-5H,6-7H2,1-2H3,(H,17,18)(H,14,15,16). The van der Waals surface area contributed by atoms with E-state index in [1.807, 2.05) is 32.0 Å². The summed E-state index contributed by atoms with van der Waals surface area (Å²) in [6.07, 6.45) is -0.194. The number of nitrogens with one attached hydrogen (secondary N) is 1. The minimum atomic E-state index is -0.957. The highest BCUT2D eigenvalue weighted by atomic mass is 16.5. The molecule has 2 rings (SSSR count). The topological polar surface area (TPSA) is 88.1 Å². The number of benzene rings is 1. The van der Waals surface area contributed by atoms with Gasteiger partial charge in [0.05, 0.1) is 0 Å². The second-order valence-electron chi connectivity index (χ2n) is 4.33. The van der Waals surface area contributed by atoms with E-state index in [0.717, 1.165) is 16.9 Å². The van der Waals surface area contributed by atoms with Gasteiger partial charge in [-0.15, -0.1) is 0 Å². The highest BCUT2D eigenvalue weighted by Gasteiger charge is 2.08. The second kappa shape index (κ2) is 5.51. The molecule has 0 aliphatic rings. The molecule has 0 fully saturated rings. The van der Waals surface area contributed by atoms with E-state index in [2.05, 4.69) is 15.2 Å². The normalized spacial score (nSPS) is 10.4. The van der Waals surface area contributed by atoms with Crippen LogP contribution in [0.2, 0.25) is 0 Å². The van der Waals surface area contributed by atoms with Crippen molar-refractivity contribution in [3.63, 3.8) is 0 Å². The van der Waals surface area contributed by atoms with Crippen molar-refractivity contribution in [1.29, 1.82) is 0 Å². The van der Waals surface area contributed by atoms with E-state index in [1.54, 1.807) is 0 Å². The van der Waals surface area contributed by atoms with Crippen LogP contribution in [0.1, 0.15) is 22.8 Å². The molecule has 2 N–H and O–H groups in total. The van der Waals surface area contributed by atoms with Crippen LogP contribution in [0.5, 0.6) is 5.75 Å². The third-order valence-electron chi connectivity index (χ3n) is 2.60. The fourth-order valence-corrected chi connectivity index (χ4v) is 1.62. The molecule has 0 saturated carbocycles. The summed E-state index contributed by atoms with van der Waals surface area (Å²) >= 11 is 0. The number of nitrogens with zero attached hydrogens (tertiary/aromatic N) is 2. The van der Waals surface area contributed by atoms with Crippen LogP contribution < -0.4 is 4.74 Å². The lowest BCUT2D eigenvalue weighted by Gasteiger charge is -2.08. The Balaban J connectivity index is 2.00. The second-order valence-corrected chi connectivity index (χ2v) is 4.33. The van der Waals surface area contributed by atoms with Crippen molar-refractivity contribution in [1.82, 2.24) is 15.2 Å². The molecular formula is C13H15N3O3. The predicted octanol–water partition coefficient (Wildman–Crippen LogP) is 1.63. The Hall–Kier alpha value is -2.37. The molecule has 0 saturated heterocycles. The number of hydrogen-bond acceptors (Lipinski definition) is 4. The average molecular weight is 261 g/mol. The van der Waals surface area contributed by atoms with E-state index in [9.17, 15) is 4.79 Å².